The van der Waals surface area contributed by atoms with Crippen LogP contribution in [0.4, 0.5) is 11.4 Å². The molecule has 0 aliphatic rings. The highest BCUT2D eigenvalue weighted by Gasteiger charge is 2.22. The zero-order valence-corrected chi connectivity index (χ0v) is 20.7. The van der Waals surface area contributed by atoms with Gasteiger partial charge in [0.25, 0.3) is 0 Å². The van der Waals surface area contributed by atoms with Gasteiger partial charge in [-0.15, -0.1) is 11.3 Å². The molecule has 0 unspecified atom stereocenters. The van der Waals surface area contributed by atoms with Gasteiger partial charge in [-0.05, 0) is 79.6 Å². The summed E-state index contributed by atoms with van der Waals surface area (Å²) in [6, 6.07) is 18.4. The Balaban J connectivity index is 1.50. The molecule has 4 rings (SSSR count). The number of hydrogen-bond acceptors (Lipinski definition) is 5. The van der Waals surface area contributed by atoms with Crippen LogP contribution in [0, 0.1) is 13.8 Å². The summed E-state index contributed by atoms with van der Waals surface area (Å²) in [6.07, 6.45) is 1.07. The van der Waals surface area contributed by atoms with Crippen molar-refractivity contribution in [2.24, 2.45) is 0 Å². The van der Waals surface area contributed by atoms with Crippen molar-refractivity contribution >= 4 is 60.5 Å². The smallest absolute Gasteiger partial charge is 0.245 e. The van der Waals surface area contributed by atoms with E-state index in [-0.39, 0.29) is 6.54 Å². The molecule has 0 aliphatic heterocycles. The molecule has 33 heavy (non-hydrogen) atoms. The molecule has 0 spiro atoms. The number of carbonyl (C=O) groups is 1. The molecule has 1 heterocycles. The molecule has 0 aliphatic carbocycles. The van der Waals surface area contributed by atoms with E-state index in [0.717, 1.165) is 31.3 Å². The number of hydrogen-bond donors (Lipinski definition) is 1. The number of nitrogens with zero attached hydrogens (tertiary/aromatic N) is 2. The second-order valence-electron chi connectivity index (χ2n) is 7.82. The van der Waals surface area contributed by atoms with Crippen LogP contribution in [0.5, 0.6) is 0 Å². The van der Waals surface area contributed by atoms with Gasteiger partial charge in [-0.3, -0.25) is 9.10 Å². The molecule has 1 amide bonds. The number of fused-ring (bicyclic) bond motifs is 1. The van der Waals surface area contributed by atoms with Gasteiger partial charge in [0.1, 0.15) is 11.6 Å². The van der Waals surface area contributed by atoms with Crippen LogP contribution in [-0.2, 0) is 14.8 Å². The topological polar surface area (TPSA) is 79.4 Å². The molecule has 0 atom stereocenters. The van der Waals surface area contributed by atoms with E-state index in [1.54, 1.807) is 48.6 Å². The Hall–Kier alpha value is -2.94. The maximum atomic E-state index is 12.7. The second-order valence-corrected chi connectivity index (χ2v) is 11.2. The third-order valence-corrected chi connectivity index (χ3v) is 7.50. The highest BCUT2D eigenvalue weighted by Crippen LogP contribution is 2.31. The van der Waals surface area contributed by atoms with E-state index in [9.17, 15) is 13.2 Å². The predicted molar refractivity (Wildman–Crippen MR) is 137 cm³/mol. The minimum atomic E-state index is -3.68. The third-order valence-electron chi connectivity index (χ3n) is 5.07. The molecule has 170 valence electrons. The molecule has 0 radical (unpaired) electrons. The molecule has 0 saturated carbocycles. The first-order valence-electron chi connectivity index (χ1n) is 10.1. The van der Waals surface area contributed by atoms with E-state index >= 15 is 0 Å². The Morgan fingerprint density at radius 1 is 1.06 bits per heavy atom. The highest BCUT2D eigenvalue weighted by atomic mass is 35.5. The zero-order valence-electron chi connectivity index (χ0n) is 18.3. The van der Waals surface area contributed by atoms with Gasteiger partial charge in [-0.25, -0.2) is 13.4 Å². The molecule has 1 aromatic heterocycles. The number of benzene rings is 3. The molecule has 0 fully saturated rings. The zero-order chi connectivity index (χ0) is 23.8. The molecule has 1 N–H and O–H groups in total. The molecule has 4 aromatic rings. The lowest BCUT2D eigenvalue weighted by atomic mass is 10.2. The summed E-state index contributed by atoms with van der Waals surface area (Å²) in [5, 5.41) is 4.17. The van der Waals surface area contributed by atoms with E-state index in [4.69, 9.17) is 11.6 Å². The van der Waals surface area contributed by atoms with Gasteiger partial charge in [0, 0.05) is 16.3 Å². The van der Waals surface area contributed by atoms with Gasteiger partial charge >= 0.3 is 0 Å². The van der Waals surface area contributed by atoms with E-state index < -0.39 is 15.9 Å². The van der Waals surface area contributed by atoms with E-state index in [2.05, 4.69) is 23.3 Å². The summed E-state index contributed by atoms with van der Waals surface area (Å²) in [5.74, 6) is -0.446. The van der Waals surface area contributed by atoms with E-state index in [0.29, 0.717) is 22.0 Å². The van der Waals surface area contributed by atoms with Crippen LogP contribution >= 0.6 is 22.9 Å². The van der Waals surface area contributed by atoms with Gasteiger partial charge in [-0.2, -0.15) is 0 Å². The lowest BCUT2D eigenvalue weighted by molar-refractivity contribution is -0.114. The fourth-order valence-corrected chi connectivity index (χ4v) is 5.67. The summed E-state index contributed by atoms with van der Waals surface area (Å²) in [5.41, 5.74) is 4.74. The number of anilines is 2. The number of amides is 1. The van der Waals surface area contributed by atoms with Crippen molar-refractivity contribution in [1.29, 1.82) is 0 Å². The number of thiazole rings is 1. The van der Waals surface area contributed by atoms with Gasteiger partial charge in [0.15, 0.2) is 0 Å². The molecule has 3 aromatic carbocycles. The van der Waals surface area contributed by atoms with Crippen molar-refractivity contribution in [2.75, 3.05) is 22.4 Å². The summed E-state index contributed by atoms with van der Waals surface area (Å²) < 4.78 is 26.9. The van der Waals surface area contributed by atoms with Gasteiger partial charge in [0.05, 0.1) is 22.2 Å². The first-order chi connectivity index (χ1) is 15.6. The van der Waals surface area contributed by atoms with Crippen LogP contribution in [0.25, 0.3) is 20.8 Å². The van der Waals surface area contributed by atoms with Crippen molar-refractivity contribution in [3.8, 4) is 10.6 Å². The molecular weight excluding hydrogens is 478 g/mol. The lowest BCUT2D eigenvalue weighted by Crippen LogP contribution is -2.37. The number of nitrogens with one attached hydrogen (secondary N) is 1. The first kappa shape index (κ1) is 23.2. The maximum Gasteiger partial charge on any atom is 0.245 e. The standard InChI is InChI=1S/C24H22ClN3O3S2/c1-15-4-10-20-22(12-15)32-24(27-20)17-5-8-19(9-6-17)26-23(29)14-28(33(3,30)31)21-11-7-18(25)13-16(21)2/h4-13H,14H2,1-3H3,(H,26,29). The van der Waals surface area contributed by atoms with Crippen molar-refractivity contribution in [1.82, 2.24) is 4.98 Å². The Kier molecular flexibility index (Phi) is 6.43. The molecular formula is C24H22ClN3O3S2. The average molecular weight is 500 g/mol. The summed E-state index contributed by atoms with van der Waals surface area (Å²) in [7, 11) is -3.68. The van der Waals surface area contributed by atoms with Crippen LogP contribution in [0.15, 0.2) is 60.7 Å². The number of aryl methyl sites for hydroxylation is 2. The lowest BCUT2D eigenvalue weighted by Gasteiger charge is -2.23. The van der Waals surface area contributed by atoms with Gasteiger partial charge < -0.3 is 5.32 Å². The molecule has 0 bridgehead atoms. The minimum absolute atomic E-state index is 0.347. The van der Waals surface area contributed by atoms with Crippen molar-refractivity contribution in [3.63, 3.8) is 0 Å². The van der Waals surface area contributed by atoms with Crippen LogP contribution in [0.2, 0.25) is 5.02 Å². The van der Waals surface area contributed by atoms with Crippen molar-refractivity contribution in [3.05, 3.63) is 76.8 Å². The molecule has 9 heteroatoms. The van der Waals surface area contributed by atoms with Crippen LogP contribution < -0.4 is 9.62 Å². The Bertz CT molecular complexity index is 1450. The number of rotatable bonds is 6. The number of aromatic nitrogens is 1. The van der Waals surface area contributed by atoms with Crippen LogP contribution in [0.3, 0.4) is 0 Å². The second kappa shape index (κ2) is 9.13. The van der Waals surface area contributed by atoms with Crippen LogP contribution in [0.1, 0.15) is 11.1 Å². The first-order valence-corrected chi connectivity index (χ1v) is 13.2. The van der Waals surface area contributed by atoms with Gasteiger partial charge in [-0.1, -0.05) is 17.7 Å². The summed E-state index contributed by atoms with van der Waals surface area (Å²) >= 11 is 7.60. The van der Waals surface area contributed by atoms with E-state index in [1.165, 1.54) is 5.56 Å². The van der Waals surface area contributed by atoms with Crippen molar-refractivity contribution < 1.29 is 13.2 Å². The fourth-order valence-electron chi connectivity index (χ4n) is 3.46. The molecule has 6 nitrogen and oxygen atoms in total. The average Bonchev–Trinajstić information content (AvgIpc) is 3.15. The SMILES string of the molecule is Cc1ccc2nc(-c3ccc(NC(=O)CN(c4ccc(Cl)cc4C)S(C)(=O)=O)cc3)sc2c1. The van der Waals surface area contributed by atoms with Crippen LogP contribution in [-0.4, -0.2) is 32.1 Å². The number of carbonyl (C=O) groups excluding carboxylic acids is 1. The monoisotopic (exact) mass is 499 g/mol. The Labute approximate surface area is 201 Å². The maximum absolute atomic E-state index is 12.7. The van der Waals surface area contributed by atoms with Gasteiger partial charge in [0.2, 0.25) is 15.9 Å². The quantitative estimate of drug-likeness (QED) is 0.372. The van der Waals surface area contributed by atoms with Crippen molar-refractivity contribution in [2.45, 2.75) is 13.8 Å². The fraction of sp³-hybridized carbons (Fsp3) is 0.167. The van der Waals surface area contributed by atoms with E-state index in [1.807, 2.05) is 24.3 Å². The highest BCUT2D eigenvalue weighted by molar-refractivity contribution is 7.92. The largest absolute Gasteiger partial charge is 0.325 e. The Morgan fingerprint density at radius 3 is 2.45 bits per heavy atom. The minimum Gasteiger partial charge on any atom is -0.325 e. The Morgan fingerprint density at radius 2 is 1.79 bits per heavy atom. The summed E-state index contributed by atoms with van der Waals surface area (Å²) in [4.78, 5) is 17.3. The predicted octanol–water partition coefficient (Wildman–Crippen LogP) is 5.64. The third kappa shape index (κ3) is 5.35. The summed E-state index contributed by atoms with van der Waals surface area (Å²) in [6.45, 7) is 3.45. The number of halogens is 1. The normalized spacial score (nSPS) is 11.5. The molecule has 0 saturated heterocycles. The number of sulfonamides is 1.